The standard InChI is InChI=1S/C72H43N3O/c1-2-15-48(16-3-1)73-69-41-46(44-31-37-66-62(39-44)55-21-8-11-25-64(55)74(66)49-33-36-54-52-19-5-4-17-50(52)51-18-6-7-20-53(51)61(54)43-49)29-34-57(69)58-35-30-47(42-70(58)73)45-32-38-67-63(40-45)56-22-9-12-26-65(56)75(67)68-27-14-24-60-59-23-10-13-28-71(59)76-72(60)68/h1-43H. The molecule has 13 aromatic carbocycles. The molecule has 0 aliphatic rings. The third kappa shape index (κ3) is 5.84. The fraction of sp³-hybridized carbons (Fsp3) is 0. The first kappa shape index (κ1) is 41.3. The van der Waals surface area contributed by atoms with Crippen LogP contribution >= 0.6 is 0 Å². The van der Waals surface area contributed by atoms with Crippen LogP contribution in [0.15, 0.2) is 265 Å². The second kappa shape index (κ2) is 15.7. The number of hydrogen-bond donors (Lipinski definition) is 0. The Morgan fingerprint density at radius 1 is 0.211 bits per heavy atom. The van der Waals surface area contributed by atoms with E-state index >= 15 is 0 Å². The fourth-order valence-corrected chi connectivity index (χ4v) is 13.0. The minimum Gasteiger partial charge on any atom is -0.454 e. The van der Waals surface area contributed by atoms with Gasteiger partial charge in [0.05, 0.1) is 38.8 Å². The summed E-state index contributed by atoms with van der Waals surface area (Å²) in [7, 11) is 0. The van der Waals surface area contributed by atoms with Gasteiger partial charge < -0.3 is 18.1 Å². The smallest absolute Gasteiger partial charge is 0.159 e. The predicted octanol–water partition coefficient (Wildman–Crippen LogP) is 19.7. The summed E-state index contributed by atoms with van der Waals surface area (Å²) in [5, 5.41) is 17.2. The number of hydrogen-bond acceptors (Lipinski definition) is 1. The number of para-hydroxylation sites is 5. The monoisotopic (exact) mass is 965 g/mol. The van der Waals surface area contributed by atoms with E-state index in [0.29, 0.717) is 0 Å². The van der Waals surface area contributed by atoms with Gasteiger partial charge in [-0.3, -0.25) is 0 Å². The highest BCUT2D eigenvalue weighted by molar-refractivity contribution is 6.26. The van der Waals surface area contributed by atoms with E-state index in [1.807, 2.05) is 6.07 Å². The first-order chi connectivity index (χ1) is 37.7. The Bertz CT molecular complexity index is 5260. The van der Waals surface area contributed by atoms with Crippen molar-refractivity contribution in [3.05, 3.63) is 261 Å². The first-order valence-corrected chi connectivity index (χ1v) is 26.2. The summed E-state index contributed by atoms with van der Waals surface area (Å²) < 4.78 is 13.9. The van der Waals surface area contributed by atoms with Gasteiger partial charge in [-0.15, -0.1) is 0 Å². The average molecular weight is 966 g/mol. The number of fused-ring (bicyclic) bond motifs is 18. The zero-order valence-corrected chi connectivity index (χ0v) is 41.1. The molecule has 0 amide bonds. The van der Waals surface area contributed by atoms with E-state index in [9.17, 15) is 0 Å². The van der Waals surface area contributed by atoms with Crippen molar-refractivity contribution in [3.8, 4) is 39.3 Å². The van der Waals surface area contributed by atoms with Crippen LogP contribution in [0.4, 0.5) is 0 Å². The fourth-order valence-electron chi connectivity index (χ4n) is 13.0. The molecule has 17 aromatic rings. The van der Waals surface area contributed by atoms with Crippen molar-refractivity contribution in [2.45, 2.75) is 0 Å². The first-order valence-electron chi connectivity index (χ1n) is 26.2. The van der Waals surface area contributed by atoms with Gasteiger partial charge in [0.15, 0.2) is 5.58 Å². The molecule has 0 aliphatic heterocycles. The molecule has 0 N–H and O–H groups in total. The summed E-state index contributed by atoms with van der Waals surface area (Å²) in [6.45, 7) is 0. The number of benzene rings is 13. The second-order valence-electron chi connectivity index (χ2n) is 20.4. The summed E-state index contributed by atoms with van der Waals surface area (Å²) in [6, 6.07) is 95.9. The molecule has 0 saturated heterocycles. The lowest BCUT2D eigenvalue weighted by atomic mass is 9.94. The van der Waals surface area contributed by atoms with Crippen molar-refractivity contribution >= 4 is 120 Å². The SMILES string of the molecule is c1ccc(-n2c3cc(-c4ccc5c(c4)c4ccccc4n5-c4ccc5c6ccccc6c6ccccc6c5c4)ccc3c3ccc(-c4ccc5c(c4)c4ccccc4n5-c4cccc5c4oc4ccccc45)cc32)cc1. The van der Waals surface area contributed by atoms with Crippen LogP contribution in [-0.2, 0) is 0 Å². The highest BCUT2D eigenvalue weighted by Crippen LogP contribution is 2.44. The quantitative estimate of drug-likeness (QED) is 0.158. The third-order valence-corrected chi connectivity index (χ3v) is 16.4. The van der Waals surface area contributed by atoms with Gasteiger partial charge in [0, 0.05) is 54.5 Å². The van der Waals surface area contributed by atoms with E-state index in [1.165, 1.54) is 109 Å². The van der Waals surface area contributed by atoms with E-state index in [0.717, 1.165) is 50.0 Å². The molecule has 0 bridgehead atoms. The molecular weight excluding hydrogens is 923 g/mol. The normalized spacial score (nSPS) is 12.2. The lowest BCUT2D eigenvalue weighted by Gasteiger charge is -2.14. The van der Waals surface area contributed by atoms with Crippen molar-refractivity contribution in [2.75, 3.05) is 0 Å². The van der Waals surface area contributed by atoms with E-state index in [-0.39, 0.29) is 0 Å². The van der Waals surface area contributed by atoms with Gasteiger partial charge >= 0.3 is 0 Å². The van der Waals surface area contributed by atoms with Gasteiger partial charge in [-0.2, -0.15) is 0 Å². The van der Waals surface area contributed by atoms with Crippen LogP contribution in [0.2, 0.25) is 0 Å². The van der Waals surface area contributed by atoms with Crippen LogP contribution in [-0.4, -0.2) is 13.7 Å². The Morgan fingerprint density at radius 2 is 0.632 bits per heavy atom. The maximum atomic E-state index is 6.60. The summed E-state index contributed by atoms with van der Waals surface area (Å²) in [6.07, 6.45) is 0. The van der Waals surface area contributed by atoms with Crippen LogP contribution in [0, 0.1) is 0 Å². The molecule has 4 nitrogen and oxygen atoms in total. The van der Waals surface area contributed by atoms with Crippen LogP contribution in [0.5, 0.6) is 0 Å². The zero-order chi connectivity index (χ0) is 49.6. The lowest BCUT2D eigenvalue weighted by molar-refractivity contribution is 0.666. The summed E-state index contributed by atoms with van der Waals surface area (Å²) in [5.74, 6) is 0. The zero-order valence-electron chi connectivity index (χ0n) is 41.1. The molecule has 352 valence electrons. The van der Waals surface area contributed by atoms with Crippen LogP contribution in [0.1, 0.15) is 0 Å². The molecule has 4 heterocycles. The Hall–Kier alpha value is -10.2. The number of aromatic nitrogens is 3. The highest BCUT2D eigenvalue weighted by atomic mass is 16.3. The lowest BCUT2D eigenvalue weighted by Crippen LogP contribution is -1.95. The van der Waals surface area contributed by atoms with Gasteiger partial charge in [-0.25, -0.2) is 0 Å². The number of rotatable bonds is 5. The number of furan rings is 1. The minimum atomic E-state index is 0.894. The topological polar surface area (TPSA) is 27.9 Å². The molecule has 0 spiro atoms. The second-order valence-corrected chi connectivity index (χ2v) is 20.4. The molecule has 17 rings (SSSR count). The molecule has 0 fully saturated rings. The van der Waals surface area contributed by atoms with Crippen molar-refractivity contribution in [1.82, 2.24) is 13.7 Å². The summed E-state index contributed by atoms with van der Waals surface area (Å²) in [4.78, 5) is 0. The van der Waals surface area contributed by atoms with Crippen molar-refractivity contribution in [1.29, 1.82) is 0 Å². The van der Waals surface area contributed by atoms with E-state index < -0.39 is 0 Å². The van der Waals surface area contributed by atoms with Gasteiger partial charge in [0.25, 0.3) is 0 Å². The highest BCUT2D eigenvalue weighted by Gasteiger charge is 2.21. The van der Waals surface area contributed by atoms with Crippen molar-refractivity contribution < 1.29 is 4.42 Å². The summed E-state index contributed by atoms with van der Waals surface area (Å²) in [5.41, 5.74) is 16.8. The van der Waals surface area contributed by atoms with Crippen molar-refractivity contribution in [2.24, 2.45) is 0 Å². The minimum absolute atomic E-state index is 0.894. The maximum absolute atomic E-state index is 6.60. The summed E-state index contributed by atoms with van der Waals surface area (Å²) >= 11 is 0. The van der Waals surface area contributed by atoms with Gasteiger partial charge in [0.2, 0.25) is 0 Å². The molecule has 0 saturated carbocycles. The number of nitrogens with zero attached hydrogens (tertiary/aromatic N) is 3. The molecule has 0 unspecified atom stereocenters. The molecule has 0 radical (unpaired) electrons. The Morgan fingerprint density at radius 3 is 1.26 bits per heavy atom. The van der Waals surface area contributed by atoms with Gasteiger partial charge in [0.1, 0.15) is 5.58 Å². The van der Waals surface area contributed by atoms with Crippen LogP contribution in [0.3, 0.4) is 0 Å². The van der Waals surface area contributed by atoms with Crippen molar-refractivity contribution in [3.63, 3.8) is 0 Å². The Balaban J connectivity index is 0.809. The predicted molar refractivity (Wildman–Crippen MR) is 320 cm³/mol. The molecular formula is C72H43N3O. The molecule has 4 aromatic heterocycles. The van der Waals surface area contributed by atoms with Crippen LogP contribution in [0.25, 0.3) is 159 Å². The Kier molecular flexibility index (Phi) is 8.52. The van der Waals surface area contributed by atoms with E-state index in [2.05, 4.69) is 268 Å². The van der Waals surface area contributed by atoms with Gasteiger partial charge in [-0.1, -0.05) is 176 Å². The largest absolute Gasteiger partial charge is 0.454 e. The maximum Gasteiger partial charge on any atom is 0.159 e. The average Bonchev–Trinajstić information content (AvgIpc) is 4.37. The van der Waals surface area contributed by atoms with E-state index in [4.69, 9.17) is 4.42 Å². The van der Waals surface area contributed by atoms with Gasteiger partial charge in [-0.05, 0) is 140 Å². The molecule has 4 heteroatoms. The van der Waals surface area contributed by atoms with Crippen LogP contribution < -0.4 is 0 Å². The molecule has 76 heavy (non-hydrogen) atoms. The Labute approximate surface area is 435 Å². The third-order valence-electron chi connectivity index (χ3n) is 16.4. The molecule has 0 aliphatic carbocycles. The molecule has 0 atom stereocenters. The van der Waals surface area contributed by atoms with E-state index in [1.54, 1.807) is 0 Å².